The van der Waals surface area contributed by atoms with Crippen molar-refractivity contribution in [3.63, 3.8) is 0 Å². The van der Waals surface area contributed by atoms with Crippen molar-refractivity contribution >= 4 is 16.6 Å². The standard InChI is InChI=1S/C18H18N2/c1-3-13-8-4-5-10-15(13)17-12(2)14-9-6-7-11-16(14)18(19)20-17/h4-11H,3H2,1-2H3,(H2,19,20). The van der Waals surface area contributed by atoms with Gasteiger partial charge in [0.25, 0.3) is 0 Å². The van der Waals surface area contributed by atoms with Crippen LogP contribution in [0.15, 0.2) is 48.5 Å². The predicted molar refractivity (Wildman–Crippen MR) is 85.7 cm³/mol. The molecule has 2 nitrogen and oxygen atoms in total. The van der Waals surface area contributed by atoms with Gasteiger partial charge in [0.2, 0.25) is 0 Å². The van der Waals surface area contributed by atoms with Crippen molar-refractivity contribution in [1.29, 1.82) is 0 Å². The zero-order chi connectivity index (χ0) is 14.1. The molecule has 2 N–H and O–H groups in total. The van der Waals surface area contributed by atoms with E-state index in [1.807, 2.05) is 18.2 Å². The molecule has 100 valence electrons. The second-order valence-electron chi connectivity index (χ2n) is 5.03. The predicted octanol–water partition coefficient (Wildman–Crippen LogP) is 4.35. The topological polar surface area (TPSA) is 38.9 Å². The number of fused-ring (bicyclic) bond motifs is 1. The third kappa shape index (κ3) is 1.94. The van der Waals surface area contributed by atoms with Crippen LogP contribution in [0.25, 0.3) is 22.0 Å². The molecule has 20 heavy (non-hydrogen) atoms. The molecule has 0 radical (unpaired) electrons. The van der Waals surface area contributed by atoms with Gasteiger partial charge in [-0.1, -0.05) is 55.5 Å². The fourth-order valence-electron chi connectivity index (χ4n) is 2.75. The Hall–Kier alpha value is -2.35. The highest BCUT2D eigenvalue weighted by Crippen LogP contribution is 2.32. The number of nitrogen functional groups attached to an aromatic ring is 1. The molecule has 0 unspecified atom stereocenters. The molecule has 0 atom stereocenters. The first-order valence-corrected chi connectivity index (χ1v) is 6.95. The zero-order valence-electron chi connectivity index (χ0n) is 11.9. The first-order chi connectivity index (χ1) is 9.72. The van der Waals surface area contributed by atoms with Gasteiger partial charge in [-0.15, -0.1) is 0 Å². The number of pyridine rings is 1. The Morgan fingerprint density at radius 3 is 2.35 bits per heavy atom. The average molecular weight is 262 g/mol. The van der Waals surface area contributed by atoms with Gasteiger partial charge in [-0.05, 0) is 29.9 Å². The molecule has 1 aromatic heterocycles. The van der Waals surface area contributed by atoms with Crippen LogP contribution in [-0.4, -0.2) is 4.98 Å². The van der Waals surface area contributed by atoms with Gasteiger partial charge in [0, 0.05) is 10.9 Å². The molecule has 0 bridgehead atoms. The van der Waals surface area contributed by atoms with Crippen molar-refractivity contribution in [2.75, 3.05) is 5.73 Å². The Balaban J connectivity index is 2.35. The van der Waals surface area contributed by atoms with E-state index >= 15 is 0 Å². The van der Waals surface area contributed by atoms with Crippen LogP contribution >= 0.6 is 0 Å². The van der Waals surface area contributed by atoms with Crippen molar-refractivity contribution in [2.45, 2.75) is 20.3 Å². The average Bonchev–Trinajstić information content (AvgIpc) is 2.51. The van der Waals surface area contributed by atoms with Crippen molar-refractivity contribution in [3.8, 4) is 11.3 Å². The summed E-state index contributed by atoms with van der Waals surface area (Å²) in [7, 11) is 0. The van der Waals surface area contributed by atoms with E-state index in [0.717, 1.165) is 17.5 Å². The first kappa shape index (κ1) is 12.7. The molecule has 0 saturated carbocycles. The van der Waals surface area contributed by atoms with E-state index in [1.54, 1.807) is 0 Å². The largest absolute Gasteiger partial charge is 0.383 e. The quantitative estimate of drug-likeness (QED) is 0.745. The lowest BCUT2D eigenvalue weighted by Crippen LogP contribution is -1.99. The van der Waals surface area contributed by atoms with Crippen LogP contribution in [0.1, 0.15) is 18.1 Å². The second-order valence-corrected chi connectivity index (χ2v) is 5.03. The molecular weight excluding hydrogens is 244 g/mol. The van der Waals surface area contributed by atoms with Crippen LogP contribution in [0.4, 0.5) is 5.82 Å². The summed E-state index contributed by atoms with van der Waals surface area (Å²) >= 11 is 0. The van der Waals surface area contributed by atoms with E-state index in [-0.39, 0.29) is 0 Å². The minimum Gasteiger partial charge on any atom is -0.383 e. The maximum atomic E-state index is 6.14. The van der Waals surface area contributed by atoms with Crippen LogP contribution in [0, 0.1) is 6.92 Å². The Kier molecular flexibility index (Phi) is 3.15. The highest BCUT2D eigenvalue weighted by molar-refractivity contribution is 5.96. The maximum Gasteiger partial charge on any atom is 0.131 e. The summed E-state index contributed by atoms with van der Waals surface area (Å²) in [4.78, 5) is 4.66. The summed E-state index contributed by atoms with van der Waals surface area (Å²) in [6.07, 6.45) is 0.990. The molecule has 0 spiro atoms. The fourth-order valence-corrected chi connectivity index (χ4v) is 2.75. The van der Waals surface area contributed by atoms with Crippen LogP contribution in [0.5, 0.6) is 0 Å². The number of benzene rings is 2. The van der Waals surface area contributed by atoms with Crippen molar-refractivity contribution < 1.29 is 0 Å². The summed E-state index contributed by atoms with van der Waals surface area (Å²) in [5.41, 5.74) is 10.8. The van der Waals surface area contributed by atoms with Gasteiger partial charge in [-0.2, -0.15) is 0 Å². The summed E-state index contributed by atoms with van der Waals surface area (Å²) in [6, 6.07) is 16.6. The SMILES string of the molecule is CCc1ccccc1-c1nc(N)c2ccccc2c1C. The van der Waals surface area contributed by atoms with E-state index < -0.39 is 0 Å². The normalized spacial score (nSPS) is 10.9. The minimum absolute atomic E-state index is 0.604. The number of nitrogens with zero attached hydrogens (tertiary/aromatic N) is 1. The number of aryl methyl sites for hydroxylation is 2. The van der Waals surface area contributed by atoms with Crippen LogP contribution < -0.4 is 5.73 Å². The van der Waals surface area contributed by atoms with E-state index in [0.29, 0.717) is 5.82 Å². The highest BCUT2D eigenvalue weighted by Gasteiger charge is 2.12. The number of rotatable bonds is 2. The second kappa shape index (κ2) is 4.97. The molecule has 3 aromatic rings. The van der Waals surface area contributed by atoms with Gasteiger partial charge in [-0.25, -0.2) is 4.98 Å². The molecule has 0 aliphatic rings. The van der Waals surface area contributed by atoms with Crippen molar-refractivity contribution in [2.24, 2.45) is 0 Å². The number of hydrogen-bond acceptors (Lipinski definition) is 2. The van der Waals surface area contributed by atoms with Crippen LogP contribution in [-0.2, 0) is 6.42 Å². The number of anilines is 1. The van der Waals surface area contributed by atoms with E-state index in [9.17, 15) is 0 Å². The Morgan fingerprint density at radius 1 is 0.950 bits per heavy atom. The molecule has 2 aromatic carbocycles. The Bertz CT molecular complexity index is 775. The van der Waals surface area contributed by atoms with Crippen molar-refractivity contribution in [1.82, 2.24) is 4.98 Å². The smallest absolute Gasteiger partial charge is 0.131 e. The zero-order valence-corrected chi connectivity index (χ0v) is 11.9. The van der Waals surface area contributed by atoms with E-state index in [2.05, 4.69) is 49.2 Å². The first-order valence-electron chi connectivity index (χ1n) is 6.95. The summed E-state index contributed by atoms with van der Waals surface area (Å²) < 4.78 is 0. The van der Waals surface area contributed by atoms with Gasteiger partial charge in [0.15, 0.2) is 0 Å². The lowest BCUT2D eigenvalue weighted by Gasteiger charge is -2.13. The summed E-state index contributed by atoms with van der Waals surface area (Å²) in [5.74, 6) is 0.604. The molecule has 3 rings (SSSR count). The Morgan fingerprint density at radius 2 is 1.60 bits per heavy atom. The summed E-state index contributed by atoms with van der Waals surface area (Å²) in [5, 5.41) is 2.21. The number of nitrogens with two attached hydrogens (primary N) is 1. The number of aromatic nitrogens is 1. The summed E-state index contributed by atoms with van der Waals surface area (Å²) in [6.45, 7) is 4.29. The van der Waals surface area contributed by atoms with Crippen LogP contribution in [0.2, 0.25) is 0 Å². The number of hydrogen-bond donors (Lipinski definition) is 1. The maximum absolute atomic E-state index is 6.14. The van der Waals surface area contributed by atoms with Crippen molar-refractivity contribution in [3.05, 3.63) is 59.7 Å². The fraction of sp³-hybridized carbons (Fsp3) is 0.167. The van der Waals surface area contributed by atoms with Gasteiger partial charge < -0.3 is 5.73 Å². The Labute approximate surface area is 119 Å². The molecule has 1 heterocycles. The molecule has 2 heteroatoms. The molecule has 0 aliphatic heterocycles. The third-order valence-corrected chi connectivity index (χ3v) is 3.85. The van der Waals surface area contributed by atoms with E-state index in [1.165, 1.54) is 22.1 Å². The molecule has 0 amide bonds. The molecule has 0 saturated heterocycles. The molecule has 0 fully saturated rings. The third-order valence-electron chi connectivity index (χ3n) is 3.85. The van der Waals surface area contributed by atoms with Crippen LogP contribution in [0.3, 0.4) is 0 Å². The molecule has 0 aliphatic carbocycles. The van der Waals surface area contributed by atoms with Gasteiger partial charge in [0.1, 0.15) is 5.82 Å². The van der Waals surface area contributed by atoms with Gasteiger partial charge >= 0.3 is 0 Å². The van der Waals surface area contributed by atoms with E-state index in [4.69, 9.17) is 5.73 Å². The van der Waals surface area contributed by atoms with Gasteiger partial charge in [0.05, 0.1) is 5.69 Å². The molecular formula is C18H18N2. The van der Waals surface area contributed by atoms with Gasteiger partial charge in [-0.3, -0.25) is 0 Å². The lowest BCUT2D eigenvalue weighted by molar-refractivity contribution is 1.13. The highest BCUT2D eigenvalue weighted by atomic mass is 14.8. The minimum atomic E-state index is 0.604. The monoisotopic (exact) mass is 262 g/mol. The lowest BCUT2D eigenvalue weighted by atomic mass is 9.96.